The van der Waals surface area contributed by atoms with Crippen LogP contribution in [0.3, 0.4) is 0 Å². The van der Waals surface area contributed by atoms with Gasteiger partial charge in [-0.1, -0.05) is 13.8 Å². The van der Waals surface area contributed by atoms with Crippen molar-refractivity contribution in [3.63, 3.8) is 0 Å². The summed E-state index contributed by atoms with van der Waals surface area (Å²) in [6.07, 6.45) is -3.03. The molecule has 0 saturated carbocycles. The number of rotatable bonds is 7. The lowest BCUT2D eigenvalue weighted by molar-refractivity contribution is -0.137. The first kappa shape index (κ1) is 18.9. The topological polar surface area (TPSA) is 23.5 Å². The zero-order valence-electron chi connectivity index (χ0n) is 13.2. The summed E-state index contributed by atoms with van der Waals surface area (Å²) in [5.41, 5.74) is -0.987. The monoisotopic (exact) mass is 321 g/mol. The number of aliphatic hydroxyl groups is 1. The second-order valence-corrected chi connectivity index (χ2v) is 5.88. The number of benzene rings is 1. The van der Waals surface area contributed by atoms with Crippen molar-refractivity contribution in [1.82, 2.24) is 4.90 Å². The fourth-order valence-electron chi connectivity index (χ4n) is 2.59. The van der Waals surface area contributed by atoms with Crippen LogP contribution >= 0.6 is 0 Å². The molecule has 0 saturated heterocycles. The molecule has 22 heavy (non-hydrogen) atoms. The molecule has 0 amide bonds. The van der Waals surface area contributed by atoms with Crippen molar-refractivity contribution in [2.75, 3.05) is 20.2 Å². The van der Waals surface area contributed by atoms with Crippen molar-refractivity contribution in [3.8, 4) is 0 Å². The van der Waals surface area contributed by atoms with Gasteiger partial charge in [-0.3, -0.25) is 0 Å². The molecule has 6 heteroatoms. The van der Waals surface area contributed by atoms with Crippen LogP contribution < -0.4 is 0 Å². The molecule has 0 bridgehead atoms. The highest BCUT2D eigenvalue weighted by molar-refractivity contribution is 5.26. The third-order valence-corrected chi connectivity index (χ3v) is 4.18. The molecule has 1 N–H and O–H groups in total. The van der Waals surface area contributed by atoms with E-state index in [1.165, 1.54) is 0 Å². The van der Waals surface area contributed by atoms with Gasteiger partial charge in [-0.2, -0.15) is 13.2 Å². The van der Waals surface area contributed by atoms with Gasteiger partial charge in [0.05, 0.1) is 5.56 Å². The Bertz CT molecular complexity index is 475. The summed E-state index contributed by atoms with van der Waals surface area (Å²) in [4.78, 5) is 1.82. The quantitative estimate of drug-likeness (QED) is 0.765. The minimum atomic E-state index is -4.56. The zero-order chi connectivity index (χ0) is 17.0. The van der Waals surface area contributed by atoms with E-state index in [0.29, 0.717) is 12.6 Å². The fraction of sp³-hybridized carbons (Fsp3) is 0.625. The van der Waals surface area contributed by atoms with Crippen LogP contribution in [0.4, 0.5) is 17.6 Å². The Morgan fingerprint density at radius 3 is 2.14 bits per heavy atom. The fourth-order valence-corrected chi connectivity index (χ4v) is 2.59. The molecular formula is C16H23F4NO. The van der Waals surface area contributed by atoms with E-state index in [9.17, 15) is 22.7 Å². The van der Waals surface area contributed by atoms with Gasteiger partial charge < -0.3 is 10.0 Å². The molecule has 126 valence electrons. The van der Waals surface area contributed by atoms with E-state index in [1.807, 2.05) is 18.7 Å². The van der Waals surface area contributed by atoms with Crippen molar-refractivity contribution in [2.24, 2.45) is 5.41 Å². The van der Waals surface area contributed by atoms with Gasteiger partial charge in [0.25, 0.3) is 0 Å². The third kappa shape index (κ3) is 4.95. The maximum absolute atomic E-state index is 13.4. The molecule has 0 unspecified atom stereocenters. The summed E-state index contributed by atoms with van der Waals surface area (Å²) >= 11 is 0. The molecule has 1 aromatic carbocycles. The average Bonchev–Trinajstić information content (AvgIpc) is 2.43. The Morgan fingerprint density at radius 1 is 1.09 bits per heavy atom. The Hall–Kier alpha value is -1.14. The summed E-state index contributed by atoms with van der Waals surface area (Å²) < 4.78 is 51.5. The summed E-state index contributed by atoms with van der Waals surface area (Å²) in [6.45, 7) is 4.69. The Balaban J connectivity index is 2.88. The van der Waals surface area contributed by atoms with E-state index in [1.54, 1.807) is 7.05 Å². The number of alkyl halides is 3. The second kappa shape index (κ2) is 7.42. The maximum atomic E-state index is 13.4. The van der Waals surface area contributed by atoms with E-state index in [-0.39, 0.29) is 24.1 Å². The highest BCUT2D eigenvalue weighted by Gasteiger charge is 2.32. The van der Waals surface area contributed by atoms with Crippen molar-refractivity contribution in [1.29, 1.82) is 0 Å². The second-order valence-electron chi connectivity index (χ2n) is 5.88. The molecular weight excluding hydrogens is 298 g/mol. The van der Waals surface area contributed by atoms with Gasteiger partial charge in [-0.05, 0) is 43.7 Å². The zero-order valence-corrected chi connectivity index (χ0v) is 13.2. The first-order valence-corrected chi connectivity index (χ1v) is 7.32. The molecule has 0 aliphatic carbocycles. The molecule has 1 aromatic rings. The van der Waals surface area contributed by atoms with E-state index >= 15 is 0 Å². The van der Waals surface area contributed by atoms with Crippen LogP contribution in [0.5, 0.6) is 0 Å². The standard InChI is InChI=1S/C16H23F4NO/c1-4-15(5-2,11-22)10-21(3)9-12-6-13(16(18,19)20)8-14(17)7-12/h6-8,22H,4-5,9-11H2,1-3H3. The number of halogens is 4. The average molecular weight is 321 g/mol. The molecule has 0 aliphatic rings. The molecule has 0 atom stereocenters. The van der Waals surface area contributed by atoms with E-state index < -0.39 is 17.6 Å². The van der Waals surface area contributed by atoms with Crippen molar-refractivity contribution < 1.29 is 22.7 Å². The summed E-state index contributed by atoms with van der Waals surface area (Å²) in [5.74, 6) is -0.891. The van der Waals surface area contributed by atoms with Crippen molar-refractivity contribution in [3.05, 3.63) is 35.1 Å². The van der Waals surface area contributed by atoms with Gasteiger partial charge in [-0.15, -0.1) is 0 Å². The lowest BCUT2D eigenvalue weighted by atomic mass is 9.82. The van der Waals surface area contributed by atoms with E-state index in [0.717, 1.165) is 25.0 Å². The van der Waals surface area contributed by atoms with Crippen LogP contribution in [-0.4, -0.2) is 30.2 Å². The third-order valence-electron chi connectivity index (χ3n) is 4.18. The highest BCUT2D eigenvalue weighted by Crippen LogP contribution is 2.31. The van der Waals surface area contributed by atoms with Gasteiger partial charge in [0.15, 0.2) is 0 Å². The predicted octanol–water partition coefficient (Wildman–Crippen LogP) is 4.08. The van der Waals surface area contributed by atoms with Gasteiger partial charge in [-0.25, -0.2) is 4.39 Å². The summed E-state index contributed by atoms with van der Waals surface area (Å²) in [5, 5.41) is 9.55. The molecule has 2 nitrogen and oxygen atoms in total. The Morgan fingerprint density at radius 2 is 1.68 bits per heavy atom. The van der Waals surface area contributed by atoms with Crippen LogP contribution in [0.25, 0.3) is 0 Å². The molecule has 1 rings (SSSR count). The normalized spacial score (nSPS) is 13.0. The molecule has 0 fully saturated rings. The van der Waals surface area contributed by atoms with Crippen LogP contribution in [0.15, 0.2) is 18.2 Å². The minimum Gasteiger partial charge on any atom is -0.396 e. The first-order chi connectivity index (χ1) is 10.2. The molecule has 0 heterocycles. The van der Waals surface area contributed by atoms with Crippen LogP contribution in [0.2, 0.25) is 0 Å². The van der Waals surface area contributed by atoms with Crippen LogP contribution in [0.1, 0.15) is 37.8 Å². The molecule has 0 aliphatic heterocycles. The molecule has 0 radical (unpaired) electrons. The van der Waals surface area contributed by atoms with Gasteiger partial charge >= 0.3 is 6.18 Å². The smallest absolute Gasteiger partial charge is 0.396 e. The Kier molecular flexibility index (Phi) is 6.38. The van der Waals surface area contributed by atoms with E-state index in [4.69, 9.17) is 0 Å². The highest BCUT2D eigenvalue weighted by atomic mass is 19.4. The molecule has 0 spiro atoms. The largest absolute Gasteiger partial charge is 0.416 e. The SMILES string of the molecule is CCC(CC)(CO)CN(C)Cc1cc(F)cc(C(F)(F)F)c1. The van der Waals surface area contributed by atoms with Crippen LogP contribution in [0, 0.1) is 11.2 Å². The number of hydrogen-bond acceptors (Lipinski definition) is 2. The number of nitrogens with zero attached hydrogens (tertiary/aromatic N) is 1. The lowest BCUT2D eigenvalue weighted by Gasteiger charge is -2.34. The minimum absolute atomic E-state index is 0.0152. The van der Waals surface area contributed by atoms with Gasteiger partial charge in [0, 0.05) is 25.1 Å². The summed E-state index contributed by atoms with van der Waals surface area (Å²) in [7, 11) is 1.76. The number of hydrogen-bond donors (Lipinski definition) is 1. The lowest BCUT2D eigenvalue weighted by Crippen LogP contribution is -2.37. The molecule has 0 aromatic heterocycles. The van der Waals surface area contributed by atoms with Gasteiger partial charge in [0.1, 0.15) is 5.82 Å². The van der Waals surface area contributed by atoms with E-state index in [2.05, 4.69) is 0 Å². The Labute approximate surface area is 128 Å². The van der Waals surface area contributed by atoms with Gasteiger partial charge in [0.2, 0.25) is 0 Å². The number of aliphatic hydroxyl groups excluding tert-OH is 1. The van der Waals surface area contributed by atoms with Crippen molar-refractivity contribution in [2.45, 2.75) is 39.4 Å². The first-order valence-electron chi connectivity index (χ1n) is 7.32. The van der Waals surface area contributed by atoms with Crippen LogP contribution in [-0.2, 0) is 12.7 Å². The predicted molar refractivity (Wildman–Crippen MR) is 77.8 cm³/mol. The summed E-state index contributed by atoms with van der Waals surface area (Å²) in [6, 6.07) is 2.59. The van der Waals surface area contributed by atoms with Crippen molar-refractivity contribution >= 4 is 0 Å². The maximum Gasteiger partial charge on any atom is 0.416 e.